The van der Waals surface area contributed by atoms with Gasteiger partial charge >= 0.3 is 12.0 Å². The fourth-order valence-corrected chi connectivity index (χ4v) is 2.54. The van der Waals surface area contributed by atoms with E-state index in [4.69, 9.17) is 5.11 Å². The molecule has 1 heterocycles. The van der Waals surface area contributed by atoms with Crippen molar-refractivity contribution in [3.05, 3.63) is 51.3 Å². The number of hydrogen-bond donors (Lipinski definition) is 3. The first-order valence-corrected chi connectivity index (χ1v) is 7.33. The van der Waals surface area contributed by atoms with Crippen molar-refractivity contribution < 1.29 is 14.7 Å². The molecule has 0 bridgehead atoms. The lowest BCUT2D eigenvalue weighted by Gasteiger charge is -2.07. The summed E-state index contributed by atoms with van der Waals surface area (Å²) in [4.78, 5) is 22.6. The molecule has 104 valence electrons. The summed E-state index contributed by atoms with van der Waals surface area (Å²) in [5, 5.41) is 16.1. The van der Waals surface area contributed by atoms with Gasteiger partial charge in [0, 0.05) is 11.0 Å². The maximum Gasteiger partial charge on any atom is 0.338 e. The molecule has 2 aromatic rings. The third-order valence-electron chi connectivity index (χ3n) is 2.49. The zero-order valence-electron chi connectivity index (χ0n) is 10.2. The number of anilines is 1. The Morgan fingerprint density at radius 1 is 1.20 bits per heavy atom. The Labute approximate surface area is 127 Å². The van der Waals surface area contributed by atoms with Gasteiger partial charge in [-0.15, -0.1) is 11.3 Å². The standard InChI is InChI=1S/C13H11BrN2O3S/c14-9-3-1-8(2-4-9)7-15-13(19)16-11-10(12(17)18)5-6-20-11/h1-6H,7H2,(H,17,18)(H2,15,16,19). The predicted molar refractivity (Wildman–Crippen MR) is 81.3 cm³/mol. The average molecular weight is 355 g/mol. The monoisotopic (exact) mass is 354 g/mol. The Kier molecular flexibility index (Phi) is 4.75. The summed E-state index contributed by atoms with van der Waals surface area (Å²) in [7, 11) is 0. The molecular weight excluding hydrogens is 344 g/mol. The number of carbonyl (C=O) groups is 2. The summed E-state index contributed by atoms with van der Waals surface area (Å²) in [6, 6.07) is 8.57. The normalized spacial score (nSPS) is 10.1. The van der Waals surface area contributed by atoms with Crippen molar-refractivity contribution in [3.8, 4) is 0 Å². The quantitative estimate of drug-likeness (QED) is 0.785. The van der Waals surface area contributed by atoms with Gasteiger partial charge in [0.2, 0.25) is 0 Å². The first-order valence-electron chi connectivity index (χ1n) is 5.66. The second kappa shape index (κ2) is 6.53. The van der Waals surface area contributed by atoms with E-state index >= 15 is 0 Å². The number of rotatable bonds is 4. The predicted octanol–water partition coefficient (Wildman–Crippen LogP) is 3.53. The maximum absolute atomic E-state index is 11.7. The zero-order chi connectivity index (χ0) is 14.5. The molecule has 0 aliphatic rings. The van der Waals surface area contributed by atoms with Gasteiger partial charge in [0.15, 0.2) is 0 Å². The van der Waals surface area contributed by atoms with Gasteiger partial charge in [-0.1, -0.05) is 28.1 Å². The minimum absolute atomic E-state index is 0.0915. The molecule has 3 N–H and O–H groups in total. The van der Waals surface area contributed by atoms with E-state index < -0.39 is 12.0 Å². The minimum Gasteiger partial charge on any atom is -0.478 e. The van der Waals surface area contributed by atoms with Crippen LogP contribution >= 0.6 is 27.3 Å². The fraction of sp³-hybridized carbons (Fsp3) is 0.0769. The number of nitrogens with one attached hydrogen (secondary N) is 2. The van der Waals surface area contributed by atoms with Crippen LogP contribution < -0.4 is 10.6 Å². The summed E-state index contributed by atoms with van der Waals surface area (Å²) in [6.45, 7) is 0.368. The van der Waals surface area contributed by atoms with Crippen LogP contribution in [0.15, 0.2) is 40.2 Å². The molecule has 0 saturated heterocycles. The highest BCUT2D eigenvalue weighted by Crippen LogP contribution is 2.22. The van der Waals surface area contributed by atoms with Gasteiger partial charge in [-0.3, -0.25) is 5.32 Å². The molecule has 2 rings (SSSR count). The Balaban J connectivity index is 1.91. The number of halogens is 1. The first kappa shape index (κ1) is 14.5. The van der Waals surface area contributed by atoms with Crippen LogP contribution in [-0.2, 0) is 6.54 Å². The molecule has 20 heavy (non-hydrogen) atoms. The second-order valence-corrected chi connectivity index (χ2v) is 5.73. The zero-order valence-corrected chi connectivity index (χ0v) is 12.6. The fourth-order valence-electron chi connectivity index (χ4n) is 1.51. The number of carboxylic acids is 1. The van der Waals surface area contributed by atoms with E-state index in [9.17, 15) is 9.59 Å². The summed E-state index contributed by atoms with van der Waals surface area (Å²) < 4.78 is 0.968. The van der Waals surface area contributed by atoms with Crippen molar-refractivity contribution >= 4 is 44.3 Å². The van der Waals surface area contributed by atoms with Crippen LogP contribution in [0.5, 0.6) is 0 Å². The number of urea groups is 1. The van der Waals surface area contributed by atoms with Gasteiger partial charge in [-0.2, -0.15) is 0 Å². The molecule has 1 aromatic heterocycles. The number of carboxylic acid groups (broad SMARTS) is 1. The SMILES string of the molecule is O=C(NCc1ccc(Br)cc1)Nc1sccc1C(=O)O. The minimum atomic E-state index is -1.06. The second-order valence-electron chi connectivity index (χ2n) is 3.90. The van der Waals surface area contributed by atoms with E-state index in [0.717, 1.165) is 10.0 Å². The van der Waals surface area contributed by atoms with E-state index in [2.05, 4.69) is 26.6 Å². The van der Waals surface area contributed by atoms with Crippen LogP contribution in [-0.4, -0.2) is 17.1 Å². The van der Waals surface area contributed by atoms with Crippen molar-refractivity contribution in [1.82, 2.24) is 5.32 Å². The molecule has 0 radical (unpaired) electrons. The number of carbonyl (C=O) groups excluding carboxylic acids is 1. The van der Waals surface area contributed by atoms with Gasteiger partial charge in [-0.05, 0) is 29.1 Å². The lowest BCUT2D eigenvalue weighted by Crippen LogP contribution is -2.28. The highest BCUT2D eigenvalue weighted by atomic mass is 79.9. The number of aromatic carboxylic acids is 1. The molecule has 0 saturated carbocycles. The highest BCUT2D eigenvalue weighted by Gasteiger charge is 2.13. The van der Waals surface area contributed by atoms with E-state index in [1.165, 1.54) is 17.4 Å². The van der Waals surface area contributed by atoms with E-state index in [-0.39, 0.29) is 5.56 Å². The van der Waals surface area contributed by atoms with Crippen LogP contribution in [0.2, 0.25) is 0 Å². The van der Waals surface area contributed by atoms with Gasteiger partial charge < -0.3 is 10.4 Å². The van der Waals surface area contributed by atoms with Gasteiger partial charge in [0.25, 0.3) is 0 Å². The Bertz CT molecular complexity index is 625. The Morgan fingerprint density at radius 2 is 1.90 bits per heavy atom. The molecule has 0 fully saturated rings. The molecule has 2 amide bonds. The van der Waals surface area contributed by atoms with Crippen LogP contribution in [0, 0.1) is 0 Å². The largest absolute Gasteiger partial charge is 0.478 e. The van der Waals surface area contributed by atoms with E-state index in [0.29, 0.717) is 11.5 Å². The van der Waals surface area contributed by atoms with E-state index in [1.807, 2.05) is 24.3 Å². The number of benzene rings is 1. The van der Waals surface area contributed by atoms with Gasteiger partial charge in [-0.25, -0.2) is 9.59 Å². The van der Waals surface area contributed by atoms with Crippen LogP contribution in [0.4, 0.5) is 9.80 Å². The van der Waals surface area contributed by atoms with Crippen molar-refractivity contribution in [2.75, 3.05) is 5.32 Å². The number of hydrogen-bond acceptors (Lipinski definition) is 3. The van der Waals surface area contributed by atoms with Crippen molar-refractivity contribution in [2.24, 2.45) is 0 Å². The van der Waals surface area contributed by atoms with Gasteiger partial charge in [0.1, 0.15) is 5.00 Å². The Morgan fingerprint density at radius 3 is 2.55 bits per heavy atom. The topological polar surface area (TPSA) is 78.4 Å². The molecule has 5 nitrogen and oxygen atoms in total. The lowest BCUT2D eigenvalue weighted by atomic mass is 10.2. The van der Waals surface area contributed by atoms with Crippen LogP contribution in [0.25, 0.3) is 0 Å². The third-order valence-corrected chi connectivity index (χ3v) is 3.85. The number of thiophene rings is 1. The van der Waals surface area contributed by atoms with Gasteiger partial charge in [0.05, 0.1) is 5.56 Å². The van der Waals surface area contributed by atoms with E-state index in [1.54, 1.807) is 5.38 Å². The molecule has 0 aliphatic heterocycles. The molecule has 0 aliphatic carbocycles. The molecule has 0 unspecified atom stereocenters. The van der Waals surface area contributed by atoms with Crippen molar-refractivity contribution in [3.63, 3.8) is 0 Å². The first-order chi connectivity index (χ1) is 9.56. The van der Waals surface area contributed by atoms with Crippen LogP contribution in [0.1, 0.15) is 15.9 Å². The van der Waals surface area contributed by atoms with Crippen LogP contribution in [0.3, 0.4) is 0 Å². The summed E-state index contributed by atoms with van der Waals surface area (Å²) in [6.07, 6.45) is 0. The summed E-state index contributed by atoms with van der Waals surface area (Å²) in [5.74, 6) is -1.06. The third kappa shape index (κ3) is 3.82. The van der Waals surface area contributed by atoms with Crippen molar-refractivity contribution in [2.45, 2.75) is 6.54 Å². The molecule has 7 heteroatoms. The summed E-state index contributed by atoms with van der Waals surface area (Å²) in [5.41, 5.74) is 1.04. The number of amides is 2. The maximum atomic E-state index is 11.7. The molecule has 1 aromatic carbocycles. The average Bonchev–Trinajstić information content (AvgIpc) is 2.86. The Hall–Kier alpha value is -1.86. The smallest absolute Gasteiger partial charge is 0.338 e. The lowest BCUT2D eigenvalue weighted by molar-refractivity contribution is 0.0698. The summed E-state index contributed by atoms with van der Waals surface area (Å²) >= 11 is 4.50. The highest BCUT2D eigenvalue weighted by molar-refractivity contribution is 9.10. The molecular formula is C13H11BrN2O3S. The molecule has 0 atom stereocenters. The van der Waals surface area contributed by atoms with Crippen molar-refractivity contribution in [1.29, 1.82) is 0 Å². The molecule has 0 spiro atoms.